The molecule has 0 spiro atoms. The van der Waals surface area contributed by atoms with E-state index in [1.807, 2.05) is 24.4 Å². The summed E-state index contributed by atoms with van der Waals surface area (Å²) in [6, 6.07) is 10.1. The lowest BCUT2D eigenvalue weighted by Crippen LogP contribution is -2.26. The van der Waals surface area contributed by atoms with Crippen LogP contribution in [-0.2, 0) is 24.2 Å². The Morgan fingerprint density at radius 2 is 2.04 bits per heavy atom. The Labute approximate surface area is 137 Å². The van der Waals surface area contributed by atoms with Crippen LogP contribution in [-0.4, -0.2) is 22.0 Å². The van der Waals surface area contributed by atoms with E-state index in [9.17, 15) is 4.79 Å². The SMILES string of the molecule is Cc1cnc(CCNC(=O)CCc2ccccc2)n1CC1CC1. The van der Waals surface area contributed by atoms with Gasteiger partial charge in [0.05, 0.1) is 0 Å². The lowest BCUT2D eigenvalue weighted by Gasteiger charge is -2.10. The van der Waals surface area contributed by atoms with Gasteiger partial charge in [0.1, 0.15) is 5.82 Å². The molecule has 2 aromatic rings. The molecule has 1 N–H and O–H groups in total. The zero-order chi connectivity index (χ0) is 16.1. The molecule has 1 saturated carbocycles. The van der Waals surface area contributed by atoms with Crippen molar-refractivity contribution in [2.24, 2.45) is 5.92 Å². The first-order chi connectivity index (χ1) is 11.2. The molecule has 1 aliphatic carbocycles. The molecule has 122 valence electrons. The molecule has 1 heterocycles. The fourth-order valence-corrected chi connectivity index (χ4v) is 2.82. The zero-order valence-electron chi connectivity index (χ0n) is 13.8. The van der Waals surface area contributed by atoms with Crippen molar-refractivity contribution in [1.29, 1.82) is 0 Å². The average Bonchev–Trinajstić information content (AvgIpc) is 3.32. The molecule has 0 saturated heterocycles. The second-order valence-electron chi connectivity index (χ2n) is 6.46. The van der Waals surface area contributed by atoms with E-state index < -0.39 is 0 Å². The molecule has 4 heteroatoms. The van der Waals surface area contributed by atoms with Crippen molar-refractivity contribution in [2.75, 3.05) is 6.54 Å². The van der Waals surface area contributed by atoms with Crippen molar-refractivity contribution in [3.8, 4) is 0 Å². The Balaban J connectivity index is 1.41. The zero-order valence-corrected chi connectivity index (χ0v) is 13.8. The number of nitrogens with one attached hydrogen (secondary N) is 1. The van der Waals surface area contributed by atoms with E-state index in [0.717, 1.165) is 31.1 Å². The predicted octanol–water partition coefficient (Wildman–Crippen LogP) is 2.89. The minimum atomic E-state index is 0.117. The average molecular weight is 311 g/mol. The quantitative estimate of drug-likeness (QED) is 0.815. The van der Waals surface area contributed by atoms with E-state index in [-0.39, 0.29) is 5.91 Å². The first kappa shape index (κ1) is 15.8. The maximum atomic E-state index is 11.9. The van der Waals surface area contributed by atoms with Gasteiger partial charge in [0.25, 0.3) is 0 Å². The minimum absolute atomic E-state index is 0.117. The number of aryl methyl sites for hydroxylation is 2. The topological polar surface area (TPSA) is 46.9 Å². The Hall–Kier alpha value is -2.10. The van der Waals surface area contributed by atoms with Gasteiger partial charge in [-0.05, 0) is 37.7 Å². The summed E-state index contributed by atoms with van der Waals surface area (Å²) in [6.07, 6.45) is 6.76. The molecule has 1 fully saturated rings. The first-order valence-corrected chi connectivity index (χ1v) is 8.54. The Morgan fingerprint density at radius 3 is 2.78 bits per heavy atom. The molecule has 0 atom stereocenters. The summed E-state index contributed by atoms with van der Waals surface area (Å²) in [4.78, 5) is 16.4. The Kier molecular flexibility index (Phi) is 5.11. The highest BCUT2D eigenvalue weighted by atomic mass is 16.1. The van der Waals surface area contributed by atoms with Crippen molar-refractivity contribution >= 4 is 5.91 Å². The van der Waals surface area contributed by atoms with E-state index >= 15 is 0 Å². The number of aromatic nitrogens is 2. The van der Waals surface area contributed by atoms with Crippen LogP contribution in [0.2, 0.25) is 0 Å². The maximum absolute atomic E-state index is 11.9. The summed E-state index contributed by atoms with van der Waals surface area (Å²) < 4.78 is 2.31. The summed E-state index contributed by atoms with van der Waals surface area (Å²) in [5.41, 5.74) is 2.43. The van der Waals surface area contributed by atoms with Gasteiger partial charge in [-0.1, -0.05) is 30.3 Å². The highest BCUT2D eigenvalue weighted by Crippen LogP contribution is 2.31. The molecule has 4 nitrogen and oxygen atoms in total. The molecule has 1 aromatic heterocycles. The number of rotatable bonds is 8. The van der Waals surface area contributed by atoms with Gasteiger partial charge in [0.15, 0.2) is 0 Å². The summed E-state index contributed by atoms with van der Waals surface area (Å²) >= 11 is 0. The highest BCUT2D eigenvalue weighted by Gasteiger charge is 2.23. The molecule has 1 aromatic carbocycles. The molecular formula is C19H25N3O. The molecular weight excluding hydrogens is 286 g/mol. The van der Waals surface area contributed by atoms with Crippen LogP contribution in [0.3, 0.4) is 0 Å². The van der Waals surface area contributed by atoms with E-state index in [0.29, 0.717) is 13.0 Å². The molecule has 0 radical (unpaired) electrons. The number of carbonyl (C=O) groups excluding carboxylic acids is 1. The van der Waals surface area contributed by atoms with Crippen LogP contribution in [0.1, 0.15) is 36.3 Å². The Morgan fingerprint density at radius 1 is 1.26 bits per heavy atom. The highest BCUT2D eigenvalue weighted by molar-refractivity contribution is 5.76. The lowest BCUT2D eigenvalue weighted by molar-refractivity contribution is -0.121. The van der Waals surface area contributed by atoms with Crippen LogP contribution in [0.4, 0.5) is 0 Å². The summed E-state index contributed by atoms with van der Waals surface area (Å²) in [5.74, 6) is 2.05. The third kappa shape index (κ3) is 4.68. The number of imidazole rings is 1. The van der Waals surface area contributed by atoms with Gasteiger partial charge in [-0.2, -0.15) is 0 Å². The molecule has 1 aliphatic rings. The van der Waals surface area contributed by atoms with Crippen LogP contribution < -0.4 is 5.32 Å². The molecule has 0 bridgehead atoms. The van der Waals surface area contributed by atoms with Crippen molar-refractivity contribution in [3.63, 3.8) is 0 Å². The fraction of sp³-hybridized carbons (Fsp3) is 0.474. The van der Waals surface area contributed by atoms with E-state index in [4.69, 9.17) is 0 Å². The van der Waals surface area contributed by atoms with Crippen molar-refractivity contribution in [1.82, 2.24) is 14.9 Å². The molecule has 0 aliphatic heterocycles. The number of hydrogen-bond donors (Lipinski definition) is 1. The van der Waals surface area contributed by atoms with Crippen LogP contribution in [0.25, 0.3) is 0 Å². The van der Waals surface area contributed by atoms with Gasteiger partial charge in [0, 0.05) is 37.8 Å². The number of benzene rings is 1. The van der Waals surface area contributed by atoms with Gasteiger partial charge in [-0.3, -0.25) is 4.79 Å². The van der Waals surface area contributed by atoms with Crippen molar-refractivity contribution in [2.45, 2.75) is 45.6 Å². The smallest absolute Gasteiger partial charge is 0.220 e. The largest absolute Gasteiger partial charge is 0.356 e. The van der Waals surface area contributed by atoms with Gasteiger partial charge in [-0.25, -0.2) is 4.98 Å². The second kappa shape index (κ2) is 7.44. The van der Waals surface area contributed by atoms with Gasteiger partial charge < -0.3 is 9.88 Å². The number of carbonyl (C=O) groups is 1. The number of nitrogens with zero attached hydrogens (tertiary/aromatic N) is 2. The van der Waals surface area contributed by atoms with Crippen LogP contribution in [0.15, 0.2) is 36.5 Å². The van der Waals surface area contributed by atoms with Gasteiger partial charge in [-0.15, -0.1) is 0 Å². The summed E-state index contributed by atoms with van der Waals surface area (Å²) in [5, 5.41) is 3.01. The normalized spacial score (nSPS) is 14.0. The maximum Gasteiger partial charge on any atom is 0.220 e. The molecule has 1 amide bonds. The third-order valence-electron chi connectivity index (χ3n) is 4.43. The van der Waals surface area contributed by atoms with Crippen molar-refractivity contribution in [3.05, 3.63) is 53.6 Å². The number of amides is 1. The lowest BCUT2D eigenvalue weighted by atomic mass is 10.1. The fourth-order valence-electron chi connectivity index (χ4n) is 2.82. The van der Waals surface area contributed by atoms with Crippen LogP contribution >= 0.6 is 0 Å². The third-order valence-corrected chi connectivity index (χ3v) is 4.43. The van der Waals surface area contributed by atoms with Crippen LogP contribution in [0.5, 0.6) is 0 Å². The number of hydrogen-bond acceptors (Lipinski definition) is 2. The minimum Gasteiger partial charge on any atom is -0.356 e. The van der Waals surface area contributed by atoms with Crippen molar-refractivity contribution < 1.29 is 4.79 Å². The van der Waals surface area contributed by atoms with E-state index in [1.165, 1.54) is 24.1 Å². The second-order valence-corrected chi connectivity index (χ2v) is 6.46. The molecule has 23 heavy (non-hydrogen) atoms. The summed E-state index contributed by atoms with van der Waals surface area (Å²) in [7, 11) is 0. The standard InChI is InChI=1S/C19H25N3O/c1-15-13-21-18(22(15)14-17-7-8-17)11-12-20-19(23)10-9-16-5-3-2-4-6-16/h2-6,13,17H,7-12,14H2,1H3,(H,20,23). The monoisotopic (exact) mass is 311 g/mol. The Bertz CT molecular complexity index is 644. The molecule has 3 rings (SSSR count). The van der Waals surface area contributed by atoms with Gasteiger partial charge in [0.2, 0.25) is 5.91 Å². The van der Waals surface area contributed by atoms with Gasteiger partial charge >= 0.3 is 0 Å². The predicted molar refractivity (Wildman–Crippen MR) is 91.2 cm³/mol. The van der Waals surface area contributed by atoms with E-state index in [1.54, 1.807) is 0 Å². The van der Waals surface area contributed by atoms with E-state index in [2.05, 4.69) is 33.9 Å². The first-order valence-electron chi connectivity index (χ1n) is 8.54. The van der Waals surface area contributed by atoms with Crippen LogP contribution in [0, 0.1) is 12.8 Å². The molecule has 0 unspecified atom stereocenters. The summed E-state index contributed by atoms with van der Waals surface area (Å²) in [6.45, 7) is 3.86.